The third-order valence-electron chi connectivity index (χ3n) is 3.74. The molecule has 0 aliphatic carbocycles. The molecule has 1 aromatic heterocycles. The first kappa shape index (κ1) is 20.0. The molecule has 7 nitrogen and oxygen atoms in total. The van der Waals surface area contributed by atoms with E-state index < -0.39 is 11.9 Å². The van der Waals surface area contributed by atoms with E-state index >= 15 is 0 Å². The third kappa shape index (κ3) is 5.32. The molecule has 0 saturated carbocycles. The normalized spacial score (nSPS) is 10.9. The molecular formula is C18H24N4O3S. The van der Waals surface area contributed by atoms with E-state index in [-0.39, 0.29) is 11.3 Å². The number of fused-ring (bicyclic) bond motifs is 1. The molecule has 3 amide bonds. The predicted octanol–water partition coefficient (Wildman–Crippen LogP) is 2.38. The number of aromatic nitrogens is 2. The van der Waals surface area contributed by atoms with Crippen molar-refractivity contribution in [3.8, 4) is 0 Å². The van der Waals surface area contributed by atoms with Gasteiger partial charge in [0.25, 0.3) is 5.56 Å². The Balaban J connectivity index is 1.99. The fourth-order valence-corrected chi connectivity index (χ4v) is 3.21. The summed E-state index contributed by atoms with van der Waals surface area (Å²) < 4.78 is 1.53. The topological polar surface area (TPSA) is 93.1 Å². The van der Waals surface area contributed by atoms with Gasteiger partial charge in [-0.25, -0.2) is 9.78 Å². The lowest BCUT2D eigenvalue weighted by Gasteiger charge is -2.11. The fraction of sp³-hybridized carbons (Fsp3) is 0.444. The maximum atomic E-state index is 12.5. The van der Waals surface area contributed by atoms with Gasteiger partial charge in [0.2, 0.25) is 5.91 Å². The molecule has 0 aliphatic heterocycles. The average molecular weight is 376 g/mol. The number of hydrogen-bond acceptors (Lipinski definition) is 5. The van der Waals surface area contributed by atoms with Gasteiger partial charge in [0.15, 0.2) is 5.16 Å². The first-order valence-electron chi connectivity index (χ1n) is 8.62. The summed E-state index contributed by atoms with van der Waals surface area (Å²) in [6.07, 6.45) is 0.847. The molecule has 1 heterocycles. The molecule has 0 fully saturated rings. The lowest BCUT2D eigenvalue weighted by atomic mass is 10.1. The predicted molar refractivity (Wildman–Crippen MR) is 103 cm³/mol. The molecule has 2 rings (SSSR count). The molecule has 0 radical (unpaired) electrons. The molecule has 0 bridgehead atoms. The van der Waals surface area contributed by atoms with Crippen molar-refractivity contribution in [2.24, 2.45) is 5.92 Å². The smallest absolute Gasteiger partial charge is 0.321 e. The lowest BCUT2D eigenvalue weighted by Crippen LogP contribution is -2.41. The Bertz CT molecular complexity index is 848. The zero-order valence-electron chi connectivity index (χ0n) is 15.2. The highest BCUT2D eigenvalue weighted by Crippen LogP contribution is 2.17. The molecule has 26 heavy (non-hydrogen) atoms. The maximum absolute atomic E-state index is 12.5. The van der Waals surface area contributed by atoms with Gasteiger partial charge in [0.1, 0.15) is 0 Å². The molecule has 2 aromatic rings. The van der Waals surface area contributed by atoms with Gasteiger partial charge in [-0.2, -0.15) is 0 Å². The van der Waals surface area contributed by atoms with E-state index in [1.807, 2.05) is 13.0 Å². The number of thioether (sulfide) groups is 1. The summed E-state index contributed by atoms with van der Waals surface area (Å²) in [7, 11) is 0. The second-order valence-electron chi connectivity index (χ2n) is 6.24. The summed E-state index contributed by atoms with van der Waals surface area (Å²) >= 11 is 1.14. The number of carbonyl (C=O) groups is 2. The third-order valence-corrected chi connectivity index (χ3v) is 4.71. The molecular weight excluding hydrogens is 352 g/mol. The van der Waals surface area contributed by atoms with Crippen LogP contribution >= 0.6 is 11.8 Å². The van der Waals surface area contributed by atoms with Crippen LogP contribution < -0.4 is 16.2 Å². The molecule has 0 aliphatic rings. The van der Waals surface area contributed by atoms with Crippen LogP contribution in [0.25, 0.3) is 10.9 Å². The number of hydrogen-bond donors (Lipinski definition) is 2. The van der Waals surface area contributed by atoms with Crippen molar-refractivity contribution in [1.82, 2.24) is 20.2 Å². The van der Waals surface area contributed by atoms with Crippen LogP contribution in [0.1, 0.15) is 27.2 Å². The van der Waals surface area contributed by atoms with E-state index in [0.29, 0.717) is 35.1 Å². The van der Waals surface area contributed by atoms with Gasteiger partial charge in [0, 0.05) is 13.1 Å². The van der Waals surface area contributed by atoms with Crippen LogP contribution in [0.4, 0.5) is 4.79 Å². The summed E-state index contributed by atoms with van der Waals surface area (Å²) in [4.78, 5) is 40.6. The fourth-order valence-electron chi connectivity index (χ4n) is 2.35. The highest BCUT2D eigenvalue weighted by atomic mass is 32.2. The number of carbonyl (C=O) groups excluding carboxylic acids is 2. The summed E-state index contributed by atoms with van der Waals surface area (Å²) in [6, 6.07) is 6.61. The molecule has 0 spiro atoms. The van der Waals surface area contributed by atoms with Crippen molar-refractivity contribution in [3.63, 3.8) is 0 Å². The van der Waals surface area contributed by atoms with Crippen LogP contribution in [0, 0.1) is 5.92 Å². The number of nitrogens with one attached hydrogen (secondary N) is 2. The van der Waals surface area contributed by atoms with Crippen LogP contribution in [-0.4, -0.2) is 33.8 Å². The Hall–Kier alpha value is -2.35. The van der Waals surface area contributed by atoms with E-state index in [4.69, 9.17) is 0 Å². The second-order valence-corrected chi connectivity index (χ2v) is 7.18. The zero-order chi connectivity index (χ0) is 19.1. The Kier molecular flexibility index (Phi) is 7.20. The minimum atomic E-state index is -0.504. The maximum Gasteiger partial charge on any atom is 0.321 e. The number of rotatable bonds is 7. The van der Waals surface area contributed by atoms with Gasteiger partial charge in [-0.05, 0) is 31.4 Å². The molecule has 140 valence electrons. The number of benzene rings is 1. The molecule has 0 saturated heterocycles. The number of para-hydroxylation sites is 1. The number of urea groups is 1. The average Bonchev–Trinajstić information content (AvgIpc) is 2.59. The monoisotopic (exact) mass is 376 g/mol. The SMILES string of the molecule is CCn1c(SCC(=O)NC(=O)NCCC(C)C)nc2ccccc2c1=O. The Morgan fingerprint density at radius 1 is 1.27 bits per heavy atom. The van der Waals surface area contributed by atoms with Crippen molar-refractivity contribution in [2.45, 2.75) is 38.9 Å². The van der Waals surface area contributed by atoms with Crippen molar-refractivity contribution < 1.29 is 9.59 Å². The highest BCUT2D eigenvalue weighted by molar-refractivity contribution is 7.99. The molecule has 0 atom stereocenters. The number of imide groups is 1. The van der Waals surface area contributed by atoms with E-state index in [9.17, 15) is 14.4 Å². The summed E-state index contributed by atoms with van der Waals surface area (Å²) in [5.74, 6) is 0.0518. The first-order chi connectivity index (χ1) is 12.4. The van der Waals surface area contributed by atoms with Crippen molar-refractivity contribution in [3.05, 3.63) is 34.6 Å². The Morgan fingerprint density at radius 2 is 2.00 bits per heavy atom. The Morgan fingerprint density at radius 3 is 2.69 bits per heavy atom. The van der Waals surface area contributed by atoms with Crippen LogP contribution in [0.3, 0.4) is 0 Å². The van der Waals surface area contributed by atoms with Gasteiger partial charge in [-0.15, -0.1) is 0 Å². The number of nitrogens with zero attached hydrogens (tertiary/aromatic N) is 2. The highest BCUT2D eigenvalue weighted by Gasteiger charge is 2.13. The number of amides is 3. The molecule has 0 unspecified atom stereocenters. The van der Waals surface area contributed by atoms with E-state index in [2.05, 4.69) is 29.5 Å². The summed E-state index contributed by atoms with van der Waals surface area (Å²) in [6.45, 7) is 6.95. The van der Waals surface area contributed by atoms with E-state index in [1.54, 1.807) is 18.2 Å². The van der Waals surface area contributed by atoms with Crippen LogP contribution in [0.15, 0.2) is 34.2 Å². The molecule has 8 heteroatoms. The summed E-state index contributed by atoms with van der Waals surface area (Å²) in [5.41, 5.74) is 0.462. The lowest BCUT2D eigenvalue weighted by molar-refractivity contribution is -0.117. The largest absolute Gasteiger partial charge is 0.338 e. The van der Waals surface area contributed by atoms with Crippen molar-refractivity contribution in [2.75, 3.05) is 12.3 Å². The first-order valence-corrected chi connectivity index (χ1v) is 9.61. The van der Waals surface area contributed by atoms with Gasteiger partial charge in [-0.1, -0.05) is 37.7 Å². The van der Waals surface area contributed by atoms with Crippen LogP contribution in [0.5, 0.6) is 0 Å². The van der Waals surface area contributed by atoms with Gasteiger partial charge < -0.3 is 5.32 Å². The second kappa shape index (κ2) is 9.38. The summed E-state index contributed by atoms with van der Waals surface area (Å²) in [5, 5.41) is 5.95. The van der Waals surface area contributed by atoms with E-state index in [1.165, 1.54) is 4.57 Å². The molecule has 2 N–H and O–H groups in total. The standard InChI is InChI=1S/C18H24N4O3S/c1-4-22-16(24)13-7-5-6-8-14(13)20-18(22)26-11-15(23)21-17(25)19-10-9-12(2)3/h5-8,12H,4,9-11H2,1-3H3,(H2,19,21,23,25). The molecule has 1 aromatic carbocycles. The van der Waals surface area contributed by atoms with Gasteiger partial charge in [-0.3, -0.25) is 19.5 Å². The van der Waals surface area contributed by atoms with E-state index in [0.717, 1.165) is 18.2 Å². The van der Waals surface area contributed by atoms with Crippen LogP contribution in [0.2, 0.25) is 0 Å². The zero-order valence-corrected chi connectivity index (χ0v) is 16.1. The van der Waals surface area contributed by atoms with Crippen molar-refractivity contribution in [1.29, 1.82) is 0 Å². The van der Waals surface area contributed by atoms with Gasteiger partial charge in [0.05, 0.1) is 16.7 Å². The minimum Gasteiger partial charge on any atom is -0.338 e. The quantitative estimate of drug-likeness (QED) is 0.572. The Labute approximate surface area is 156 Å². The minimum absolute atomic E-state index is 0.00236. The van der Waals surface area contributed by atoms with Crippen LogP contribution in [-0.2, 0) is 11.3 Å². The van der Waals surface area contributed by atoms with Crippen molar-refractivity contribution >= 4 is 34.6 Å². The van der Waals surface area contributed by atoms with Gasteiger partial charge >= 0.3 is 6.03 Å².